The molecule has 0 saturated carbocycles. The molecule has 0 bridgehead atoms. The van der Waals surface area contributed by atoms with Crippen LogP contribution in [0, 0.1) is 0 Å². The fourth-order valence-electron chi connectivity index (χ4n) is 4.24. The van der Waals surface area contributed by atoms with Crippen LogP contribution in [0.4, 0.5) is 0 Å². The number of hydrogen-bond acceptors (Lipinski definition) is 4. The van der Waals surface area contributed by atoms with Crippen molar-refractivity contribution in [1.82, 2.24) is 4.90 Å². The fraction of sp³-hybridized carbons (Fsp3) is 0.308. The van der Waals surface area contributed by atoms with E-state index in [1.54, 1.807) is 7.11 Å². The molecule has 30 heavy (non-hydrogen) atoms. The Hall–Kier alpha value is -2.66. The highest BCUT2D eigenvalue weighted by atomic mass is 16.5. The number of aliphatic hydroxyl groups is 1. The molecule has 3 aromatic carbocycles. The van der Waals surface area contributed by atoms with Crippen molar-refractivity contribution in [2.45, 2.75) is 24.7 Å². The minimum absolute atomic E-state index is 0.345. The van der Waals surface area contributed by atoms with Gasteiger partial charge in [0.25, 0.3) is 0 Å². The second kappa shape index (κ2) is 9.43. The Morgan fingerprint density at radius 1 is 0.967 bits per heavy atom. The summed E-state index contributed by atoms with van der Waals surface area (Å²) in [4.78, 5) is 2.36. The standard InChI is InChI=1S/C26H29NO3/c1-29-24-15-9-8-12-22(24)18-26(28,23-13-6-3-7-14-23)25-20-27(16-17-30-25)19-21-10-4-2-5-11-21/h2-15,25,28H,16-20H2,1H3. The van der Waals surface area contributed by atoms with Crippen LogP contribution in [-0.4, -0.2) is 42.9 Å². The molecule has 0 radical (unpaired) electrons. The van der Waals surface area contributed by atoms with E-state index in [1.807, 2.05) is 60.7 Å². The van der Waals surface area contributed by atoms with Gasteiger partial charge in [-0.1, -0.05) is 78.9 Å². The second-order valence-electron chi connectivity index (χ2n) is 7.86. The van der Waals surface area contributed by atoms with Crippen molar-refractivity contribution in [1.29, 1.82) is 0 Å². The van der Waals surface area contributed by atoms with Crippen molar-refractivity contribution < 1.29 is 14.6 Å². The molecular weight excluding hydrogens is 374 g/mol. The number of benzene rings is 3. The van der Waals surface area contributed by atoms with Gasteiger partial charge < -0.3 is 14.6 Å². The lowest BCUT2D eigenvalue weighted by Crippen LogP contribution is -2.53. The Morgan fingerprint density at radius 3 is 2.37 bits per heavy atom. The monoisotopic (exact) mass is 403 g/mol. The molecule has 1 aliphatic rings. The minimum atomic E-state index is -1.16. The van der Waals surface area contributed by atoms with Crippen molar-refractivity contribution in [2.24, 2.45) is 0 Å². The smallest absolute Gasteiger partial charge is 0.122 e. The predicted molar refractivity (Wildman–Crippen MR) is 118 cm³/mol. The van der Waals surface area contributed by atoms with Gasteiger partial charge in [-0.3, -0.25) is 4.90 Å². The molecule has 0 aliphatic carbocycles. The van der Waals surface area contributed by atoms with E-state index in [-0.39, 0.29) is 6.10 Å². The molecule has 1 saturated heterocycles. The molecule has 1 aliphatic heterocycles. The lowest BCUT2D eigenvalue weighted by Gasteiger charge is -2.42. The number of ether oxygens (including phenoxy) is 2. The third-order valence-electron chi connectivity index (χ3n) is 5.86. The zero-order valence-corrected chi connectivity index (χ0v) is 17.4. The van der Waals surface area contributed by atoms with Crippen LogP contribution in [0.25, 0.3) is 0 Å². The molecule has 3 aromatic rings. The summed E-state index contributed by atoms with van der Waals surface area (Å²) in [5.41, 5.74) is 1.94. The first-order valence-electron chi connectivity index (χ1n) is 10.5. The van der Waals surface area contributed by atoms with Gasteiger partial charge in [0.2, 0.25) is 0 Å². The third-order valence-corrected chi connectivity index (χ3v) is 5.86. The normalized spacial score (nSPS) is 19.2. The highest BCUT2D eigenvalue weighted by Gasteiger charge is 2.42. The summed E-state index contributed by atoms with van der Waals surface area (Å²) in [6.07, 6.45) is 0.0764. The van der Waals surface area contributed by atoms with Crippen LogP contribution in [-0.2, 0) is 23.3 Å². The van der Waals surface area contributed by atoms with E-state index in [0.717, 1.165) is 30.0 Å². The Bertz CT molecular complexity index is 931. The van der Waals surface area contributed by atoms with Gasteiger partial charge in [0, 0.05) is 26.1 Å². The van der Waals surface area contributed by atoms with Gasteiger partial charge in [-0.15, -0.1) is 0 Å². The highest BCUT2D eigenvalue weighted by molar-refractivity contribution is 5.37. The molecule has 4 nitrogen and oxygen atoms in total. The lowest BCUT2D eigenvalue weighted by molar-refractivity contribution is -0.150. The average Bonchev–Trinajstić information content (AvgIpc) is 2.81. The van der Waals surface area contributed by atoms with Crippen molar-refractivity contribution in [2.75, 3.05) is 26.8 Å². The number of methoxy groups -OCH3 is 1. The topological polar surface area (TPSA) is 41.9 Å². The Balaban J connectivity index is 1.62. The van der Waals surface area contributed by atoms with E-state index in [0.29, 0.717) is 19.6 Å². The maximum Gasteiger partial charge on any atom is 0.122 e. The van der Waals surface area contributed by atoms with E-state index < -0.39 is 5.60 Å². The first-order chi connectivity index (χ1) is 14.7. The van der Waals surface area contributed by atoms with Gasteiger partial charge in [0.1, 0.15) is 17.5 Å². The van der Waals surface area contributed by atoms with Gasteiger partial charge in [-0.2, -0.15) is 0 Å². The SMILES string of the molecule is COc1ccccc1CC(O)(c1ccccc1)C1CN(Cc2ccccc2)CCO1. The summed E-state index contributed by atoms with van der Waals surface area (Å²) in [6.45, 7) is 2.96. The summed E-state index contributed by atoms with van der Waals surface area (Å²) >= 11 is 0. The van der Waals surface area contributed by atoms with E-state index in [1.165, 1.54) is 5.56 Å². The summed E-state index contributed by atoms with van der Waals surface area (Å²) < 4.78 is 11.7. The largest absolute Gasteiger partial charge is 0.496 e. The first kappa shape index (κ1) is 20.6. The van der Waals surface area contributed by atoms with Crippen LogP contribution in [0.1, 0.15) is 16.7 Å². The molecule has 1 fully saturated rings. The van der Waals surface area contributed by atoms with Gasteiger partial charge in [0.15, 0.2) is 0 Å². The van der Waals surface area contributed by atoms with Crippen molar-refractivity contribution >= 4 is 0 Å². The number of rotatable bonds is 7. The lowest BCUT2D eigenvalue weighted by atomic mass is 9.81. The maximum atomic E-state index is 12.1. The number of para-hydroxylation sites is 1. The van der Waals surface area contributed by atoms with Crippen molar-refractivity contribution in [3.8, 4) is 5.75 Å². The molecule has 1 N–H and O–H groups in total. The van der Waals surface area contributed by atoms with Crippen molar-refractivity contribution in [3.05, 3.63) is 102 Å². The van der Waals surface area contributed by atoms with Crippen LogP contribution in [0.15, 0.2) is 84.9 Å². The number of morpholine rings is 1. The number of hydrogen-bond donors (Lipinski definition) is 1. The first-order valence-corrected chi connectivity index (χ1v) is 10.5. The van der Waals surface area contributed by atoms with E-state index in [2.05, 4.69) is 29.2 Å². The third kappa shape index (κ3) is 4.57. The molecule has 4 heteroatoms. The van der Waals surface area contributed by atoms with Gasteiger partial charge in [0.05, 0.1) is 13.7 Å². The van der Waals surface area contributed by atoms with Crippen LogP contribution in [0.5, 0.6) is 5.75 Å². The quantitative estimate of drug-likeness (QED) is 0.647. The summed E-state index contributed by atoms with van der Waals surface area (Å²) in [5, 5.41) is 12.1. The summed E-state index contributed by atoms with van der Waals surface area (Å²) in [6, 6.07) is 28.2. The molecule has 0 aromatic heterocycles. The van der Waals surface area contributed by atoms with Gasteiger partial charge >= 0.3 is 0 Å². The average molecular weight is 404 g/mol. The molecule has 1 heterocycles. The van der Waals surface area contributed by atoms with E-state index >= 15 is 0 Å². The van der Waals surface area contributed by atoms with Crippen LogP contribution in [0.2, 0.25) is 0 Å². The Morgan fingerprint density at radius 2 is 1.63 bits per heavy atom. The van der Waals surface area contributed by atoms with Gasteiger partial charge in [-0.25, -0.2) is 0 Å². The van der Waals surface area contributed by atoms with Crippen molar-refractivity contribution in [3.63, 3.8) is 0 Å². The zero-order valence-electron chi connectivity index (χ0n) is 17.4. The van der Waals surface area contributed by atoms with Crippen LogP contribution >= 0.6 is 0 Å². The molecule has 2 atom stereocenters. The Kier molecular flexibility index (Phi) is 6.48. The molecule has 156 valence electrons. The fourth-order valence-corrected chi connectivity index (χ4v) is 4.24. The molecule has 2 unspecified atom stereocenters. The van der Waals surface area contributed by atoms with Gasteiger partial charge in [-0.05, 0) is 22.8 Å². The number of nitrogens with zero attached hydrogens (tertiary/aromatic N) is 1. The summed E-state index contributed by atoms with van der Waals surface area (Å²) in [7, 11) is 1.67. The maximum absolute atomic E-state index is 12.1. The molecular formula is C26H29NO3. The van der Waals surface area contributed by atoms with Crippen LogP contribution in [0.3, 0.4) is 0 Å². The zero-order chi connectivity index (χ0) is 20.8. The predicted octanol–water partition coefficient (Wildman–Crippen LogP) is 4.03. The highest BCUT2D eigenvalue weighted by Crippen LogP contribution is 2.35. The molecule has 4 rings (SSSR count). The minimum Gasteiger partial charge on any atom is -0.496 e. The second-order valence-corrected chi connectivity index (χ2v) is 7.86. The molecule has 0 spiro atoms. The Labute approximate surface area is 178 Å². The molecule has 0 amide bonds. The van der Waals surface area contributed by atoms with E-state index in [9.17, 15) is 5.11 Å². The van der Waals surface area contributed by atoms with Crippen LogP contribution < -0.4 is 4.74 Å². The summed E-state index contributed by atoms with van der Waals surface area (Å²) in [5.74, 6) is 0.781. The van der Waals surface area contributed by atoms with E-state index in [4.69, 9.17) is 9.47 Å².